The van der Waals surface area contributed by atoms with Crippen LogP contribution in [0.4, 0.5) is 0 Å². The summed E-state index contributed by atoms with van der Waals surface area (Å²) in [6.07, 6.45) is 4.94. The number of ether oxygens (including phenoxy) is 6. The van der Waals surface area contributed by atoms with Crippen molar-refractivity contribution in [1.29, 1.82) is 0 Å². The summed E-state index contributed by atoms with van der Waals surface area (Å²) in [6.45, 7) is 37.3. The quantitative estimate of drug-likeness (QED) is 0.0503. The summed E-state index contributed by atoms with van der Waals surface area (Å²) in [5, 5.41) is 0. The largest absolute Gasteiger partial charge is 0.440 e. The number of epoxide rings is 3. The van der Waals surface area contributed by atoms with Crippen LogP contribution in [0.15, 0.2) is 12.7 Å². The van der Waals surface area contributed by atoms with Gasteiger partial charge in [0.05, 0.1) is 46.2 Å². The Balaban J connectivity index is 0.000000453. The minimum Gasteiger partial charge on any atom is -0.440 e. The Bertz CT molecular complexity index is 757. The minimum absolute atomic E-state index is 0.353. The Morgan fingerprint density at radius 1 is 0.609 bits per heavy atom. The molecule has 0 amide bonds. The monoisotopic (exact) mass is 758 g/mol. The first-order valence-corrected chi connectivity index (χ1v) is 34.7. The van der Waals surface area contributed by atoms with Crippen LogP contribution in [0.2, 0.25) is 90.7 Å². The maximum Gasteiger partial charge on any atom is 0.311 e. The van der Waals surface area contributed by atoms with E-state index in [2.05, 4.69) is 85.1 Å². The first kappa shape index (κ1) is 44.7. The molecule has 0 radical (unpaired) electrons. The summed E-state index contributed by atoms with van der Waals surface area (Å²) in [5.74, 6) is 0. The van der Waals surface area contributed by atoms with E-state index in [9.17, 15) is 0 Å². The maximum atomic E-state index is 6.63. The fourth-order valence-electron chi connectivity index (χ4n) is 5.02. The molecule has 0 bridgehead atoms. The van der Waals surface area contributed by atoms with Crippen LogP contribution >= 0.6 is 0 Å². The first-order chi connectivity index (χ1) is 21.3. The second-order valence-electron chi connectivity index (χ2n) is 14.9. The molecule has 274 valence electrons. The molecule has 0 aromatic rings. The molecule has 0 aromatic carbocycles. The van der Waals surface area contributed by atoms with Crippen LogP contribution < -0.4 is 0 Å². The van der Waals surface area contributed by atoms with Gasteiger partial charge >= 0.3 is 17.1 Å². The highest BCUT2D eigenvalue weighted by Crippen LogP contribution is 2.26. The summed E-state index contributed by atoms with van der Waals surface area (Å²) in [5.41, 5.74) is 0. The van der Waals surface area contributed by atoms with Gasteiger partial charge in [-0.1, -0.05) is 6.08 Å². The molecule has 3 rings (SSSR count). The smallest absolute Gasteiger partial charge is 0.311 e. The van der Waals surface area contributed by atoms with Gasteiger partial charge in [-0.2, -0.15) is 0 Å². The third-order valence-electron chi connectivity index (χ3n) is 6.57. The Morgan fingerprint density at radius 3 is 1.26 bits per heavy atom. The molecule has 10 nitrogen and oxygen atoms in total. The van der Waals surface area contributed by atoms with Gasteiger partial charge in [0.1, 0.15) is 18.3 Å². The maximum absolute atomic E-state index is 6.63. The van der Waals surface area contributed by atoms with Crippen molar-refractivity contribution in [3.8, 4) is 0 Å². The average molecular weight is 759 g/mol. The Kier molecular flexibility index (Phi) is 21.8. The molecule has 16 heteroatoms. The summed E-state index contributed by atoms with van der Waals surface area (Å²) >= 11 is 0. The van der Waals surface area contributed by atoms with E-state index in [4.69, 9.17) is 44.9 Å². The zero-order valence-corrected chi connectivity index (χ0v) is 37.8. The average Bonchev–Trinajstić information content (AvgIpc) is 3.73. The van der Waals surface area contributed by atoms with Crippen molar-refractivity contribution in [2.45, 2.75) is 122 Å². The third-order valence-corrected chi connectivity index (χ3v) is 26.4. The molecule has 3 atom stereocenters. The van der Waals surface area contributed by atoms with E-state index < -0.39 is 51.8 Å². The Morgan fingerprint density at radius 2 is 0.957 bits per heavy atom. The van der Waals surface area contributed by atoms with Crippen molar-refractivity contribution in [3.63, 3.8) is 0 Å². The second-order valence-corrected chi connectivity index (χ2v) is 36.3. The van der Waals surface area contributed by atoms with Crippen LogP contribution in [0.1, 0.15) is 12.8 Å². The predicted molar refractivity (Wildman–Crippen MR) is 203 cm³/mol. The molecule has 0 spiro atoms. The lowest BCUT2D eigenvalue weighted by Gasteiger charge is -2.38. The molecule has 0 aromatic heterocycles. The fraction of sp³-hybridized carbons (Fsp3) is 0.933. The van der Waals surface area contributed by atoms with E-state index in [-0.39, 0.29) is 0 Å². The minimum atomic E-state index is -2.13. The van der Waals surface area contributed by atoms with Crippen LogP contribution in [0.25, 0.3) is 0 Å². The van der Waals surface area contributed by atoms with Gasteiger partial charge in [-0.3, -0.25) is 0 Å². The highest BCUT2D eigenvalue weighted by Gasteiger charge is 2.39. The molecule has 3 saturated heterocycles. The molecule has 3 unspecified atom stereocenters. The van der Waals surface area contributed by atoms with Crippen LogP contribution in [-0.2, 0) is 44.9 Å². The van der Waals surface area contributed by atoms with Crippen molar-refractivity contribution < 1.29 is 44.9 Å². The SMILES string of the molecule is C=CCOCC1CO1.C[SiH](C)O[Si](C)(C)O[SiH](C)C.C[Si](C)(CCCOCC1CO1)O[Si](C)(C)O[Si](C)(C)CCCOCC1CO1. The predicted octanol–water partition coefficient (Wildman–Crippen LogP) is 6.02. The summed E-state index contributed by atoms with van der Waals surface area (Å²) in [6, 6.07) is 2.22. The van der Waals surface area contributed by atoms with Gasteiger partial charge in [-0.25, -0.2) is 0 Å². The molecular weight excluding hydrogens is 689 g/mol. The Hall–Kier alpha value is 0.641. The summed E-state index contributed by atoms with van der Waals surface area (Å²) < 4.78 is 56.5. The molecule has 0 aliphatic carbocycles. The molecule has 3 aliphatic rings. The lowest BCUT2D eigenvalue weighted by atomic mass is 10.5. The lowest BCUT2D eigenvalue weighted by molar-refractivity contribution is 0.116. The van der Waals surface area contributed by atoms with E-state index in [1.807, 2.05) is 0 Å². The second kappa shape index (κ2) is 22.5. The van der Waals surface area contributed by atoms with Gasteiger partial charge in [-0.15, -0.1) is 6.58 Å². The molecule has 46 heavy (non-hydrogen) atoms. The van der Waals surface area contributed by atoms with Crippen molar-refractivity contribution in [2.24, 2.45) is 0 Å². The van der Waals surface area contributed by atoms with Gasteiger partial charge in [0, 0.05) is 13.2 Å². The highest BCUT2D eigenvalue weighted by molar-refractivity contribution is 6.87. The van der Waals surface area contributed by atoms with Gasteiger partial charge in [0.15, 0.2) is 34.7 Å². The van der Waals surface area contributed by atoms with E-state index in [1.165, 1.54) is 0 Å². The van der Waals surface area contributed by atoms with E-state index in [0.717, 1.165) is 77.8 Å². The van der Waals surface area contributed by atoms with E-state index in [1.54, 1.807) is 6.08 Å². The number of rotatable bonds is 24. The topological polar surface area (TPSA) is 102 Å². The van der Waals surface area contributed by atoms with Crippen molar-refractivity contribution >= 4 is 51.8 Å². The van der Waals surface area contributed by atoms with Crippen molar-refractivity contribution in [2.75, 3.05) is 59.5 Å². The molecular formula is C30H70O10Si6. The van der Waals surface area contributed by atoms with E-state index >= 15 is 0 Å². The Labute approximate surface area is 289 Å². The zero-order valence-electron chi connectivity index (χ0n) is 31.4. The molecule has 0 saturated carbocycles. The van der Waals surface area contributed by atoms with Gasteiger partial charge in [-0.05, 0) is 103 Å². The fourth-order valence-corrected chi connectivity index (χ4v) is 28.8. The normalized spacial score (nSPS) is 21.0. The summed E-state index contributed by atoms with van der Waals surface area (Å²) in [7, 11) is -9.10. The molecule has 0 N–H and O–H groups in total. The van der Waals surface area contributed by atoms with Crippen LogP contribution in [0, 0.1) is 0 Å². The van der Waals surface area contributed by atoms with Gasteiger partial charge < -0.3 is 44.9 Å². The number of hydrogen-bond donors (Lipinski definition) is 0. The molecule has 3 fully saturated rings. The molecule has 3 aliphatic heterocycles. The van der Waals surface area contributed by atoms with Gasteiger partial charge in [0.25, 0.3) is 0 Å². The van der Waals surface area contributed by atoms with E-state index in [0.29, 0.717) is 24.9 Å². The van der Waals surface area contributed by atoms with Crippen LogP contribution in [0.3, 0.4) is 0 Å². The van der Waals surface area contributed by atoms with Crippen LogP contribution in [-0.4, -0.2) is 130 Å². The zero-order chi connectivity index (χ0) is 34.9. The highest BCUT2D eigenvalue weighted by atomic mass is 28.5. The van der Waals surface area contributed by atoms with Crippen molar-refractivity contribution in [1.82, 2.24) is 0 Å². The standard InChI is InChI=1S/C18H40O6Si3.C6H20O2Si3.C6H10O2/c1-25(2,11-7-9-19-13-17-15-21-17)23-27(5,6)24-26(3,4)12-8-10-20-14-18-16-22-18;1-9(2)7-11(5,6)8-10(3)4;1-2-3-7-4-6-5-8-6/h17-18H,7-16H2,1-6H3;9-10H,1-6H3;2,6H,1,3-5H2. The molecule has 3 heterocycles. The lowest BCUT2D eigenvalue weighted by Crippen LogP contribution is -2.52. The van der Waals surface area contributed by atoms with Crippen LogP contribution in [0.5, 0.6) is 0 Å². The first-order valence-electron chi connectivity index (χ1n) is 17.3. The number of hydrogen-bond acceptors (Lipinski definition) is 10. The van der Waals surface area contributed by atoms with Crippen molar-refractivity contribution in [3.05, 3.63) is 12.7 Å². The third kappa shape index (κ3) is 28.5. The van der Waals surface area contributed by atoms with Gasteiger partial charge in [0.2, 0.25) is 0 Å². The summed E-state index contributed by atoms with van der Waals surface area (Å²) in [4.78, 5) is 0.